The number of fused-ring (bicyclic) bond motifs is 8. The number of likely N-dealkylation sites (N-methyl/N-ethyl adjacent to an activating group) is 1. The van der Waals surface area contributed by atoms with Gasteiger partial charge >= 0.3 is 0 Å². The fraction of sp³-hybridized carbons (Fsp3) is 0.113. The van der Waals surface area contributed by atoms with Crippen LogP contribution in [-0.4, -0.2) is 28.3 Å². The lowest BCUT2D eigenvalue weighted by atomic mass is 9.87. The van der Waals surface area contributed by atoms with Crippen molar-refractivity contribution < 1.29 is 0 Å². The molecule has 0 bridgehead atoms. The molecule has 2 heterocycles. The van der Waals surface area contributed by atoms with E-state index in [1.807, 2.05) is 18.2 Å². The van der Waals surface area contributed by atoms with Gasteiger partial charge in [-0.25, -0.2) is 0 Å². The highest BCUT2D eigenvalue weighted by atomic mass is 15.2. The van der Waals surface area contributed by atoms with Gasteiger partial charge in [-0.3, -0.25) is 9.89 Å². The zero-order chi connectivity index (χ0) is 45.7. The molecule has 8 aromatic rings. The Balaban J connectivity index is 0.00000270. The molecule has 0 amide bonds. The Morgan fingerprint density at radius 3 is 2.29 bits per heavy atom. The first-order chi connectivity index (χ1) is 32.4. The largest absolute Gasteiger partial charge is 0.320 e. The normalized spacial score (nSPS) is 16.5. The van der Waals surface area contributed by atoms with E-state index in [9.17, 15) is 0 Å². The van der Waals surface area contributed by atoms with Gasteiger partial charge in [-0.2, -0.15) is 0 Å². The van der Waals surface area contributed by atoms with Gasteiger partial charge in [0.15, 0.2) is 0 Å². The minimum absolute atomic E-state index is 0.0942. The second kappa shape index (κ2) is 19.0. The first-order valence-electron chi connectivity index (χ1n) is 22.7. The lowest BCUT2D eigenvalue weighted by Gasteiger charge is -2.33. The van der Waals surface area contributed by atoms with Crippen LogP contribution in [0, 0.1) is 18.8 Å². The number of terminal acetylenes is 1. The summed E-state index contributed by atoms with van der Waals surface area (Å²) in [6.45, 7) is 18.7. The molecular weight excluding hydrogens is 801 g/mol. The van der Waals surface area contributed by atoms with Crippen LogP contribution in [-0.2, 0) is 0 Å². The van der Waals surface area contributed by atoms with Crippen molar-refractivity contribution in [1.29, 1.82) is 0 Å². The second-order valence-electron chi connectivity index (χ2n) is 16.8. The van der Waals surface area contributed by atoms with Crippen LogP contribution in [0.5, 0.6) is 0 Å². The summed E-state index contributed by atoms with van der Waals surface area (Å²) in [4.78, 5) is 10.4. The fourth-order valence-corrected chi connectivity index (χ4v) is 9.78. The van der Waals surface area contributed by atoms with E-state index in [0.29, 0.717) is 6.54 Å². The summed E-state index contributed by atoms with van der Waals surface area (Å²) in [5, 5.41) is 10.7. The molecule has 7 aromatic carbocycles. The first-order valence-corrected chi connectivity index (χ1v) is 22.7. The number of hydrogen-bond donors (Lipinski definition) is 0. The SMILES string of the molecule is C#C.C=C/C=C(\C=C)CN(CC)C(/N=C(\C)c1ccccc1)c1cccc2cc(N3/C=c4\c(n(-c5ccc6ccccc6c5)c5ccc6ccccc6c45)=C/C(=C)C4CC=CC=C43)ccc12. The van der Waals surface area contributed by atoms with E-state index < -0.39 is 0 Å². The third-order valence-corrected chi connectivity index (χ3v) is 13.1. The summed E-state index contributed by atoms with van der Waals surface area (Å²) in [6.07, 6.45) is 25.9. The predicted molar refractivity (Wildman–Crippen MR) is 284 cm³/mol. The van der Waals surface area contributed by atoms with Crippen LogP contribution < -0.4 is 15.5 Å². The summed E-state index contributed by atoms with van der Waals surface area (Å²) in [5.41, 5.74) is 10.1. The van der Waals surface area contributed by atoms with Gasteiger partial charge in [0.25, 0.3) is 0 Å². The number of aromatic nitrogens is 1. The molecule has 2 aliphatic rings. The van der Waals surface area contributed by atoms with Crippen molar-refractivity contribution in [2.75, 3.05) is 18.0 Å². The highest BCUT2D eigenvalue weighted by Gasteiger charge is 2.27. The van der Waals surface area contributed by atoms with Crippen LogP contribution in [0.3, 0.4) is 0 Å². The van der Waals surface area contributed by atoms with Gasteiger partial charge in [-0.05, 0) is 117 Å². The summed E-state index contributed by atoms with van der Waals surface area (Å²) < 4.78 is 2.45. The molecule has 0 saturated carbocycles. The predicted octanol–water partition coefficient (Wildman–Crippen LogP) is 13.5. The maximum atomic E-state index is 5.51. The van der Waals surface area contributed by atoms with E-state index in [-0.39, 0.29) is 12.1 Å². The molecule has 0 spiro atoms. The molecule has 0 saturated heterocycles. The van der Waals surface area contributed by atoms with Crippen molar-refractivity contribution in [2.24, 2.45) is 10.9 Å². The zero-order valence-electron chi connectivity index (χ0n) is 37.8. The highest BCUT2D eigenvalue weighted by Crippen LogP contribution is 2.38. The van der Waals surface area contributed by atoms with E-state index in [1.165, 1.54) is 48.7 Å². The summed E-state index contributed by atoms with van der Waals surface area (Å²) in [6, 6.07) is 52.8. The maximum absolute atomic E-state index is 5.51. The average Bonchev–Trinajstić information content (AvgIpc) is 3.68. The summed E-state index contributed by atoms with van der Waals surface area (Å²) in [7, 11) is 0. The Bertz CT molecular complexity index is 3460. The average molecular weight is 855 g/mol. The first kappa shape index (κ1) is 43.3. The van der Waals surface area contributed by atoms with Crippen molar-refractivity contribution >= 4 is 66.9 Å². The molecule has 1 aliphatic carbocycles. The van der Waals surface area contributed by atoms with Crippen molar-refractivity contribution in [3.8, 4) is 18.5 Å². The van der Waals surface area contributed by atoms with Crippen LogP contribution in [0.4, 0.5) is 5.69 Å². The van der Waals surface area contributed by atoms with Crippen molar-refractivity contribution in [3.05, 3.63) is 240 Å². The maximum Gasteiger partial charge on any atom is 0.129 e. The number of nitrogens with zero attached hydrogens (tertiary/aromatic N) is 4. The van der Waals surface area contributed by atoms with Crippen LogP contribution in [0.25, 0.3) is 61.2 Å². The number of rotatable bonds is 11. The Kier molecular flexibility index (Phi) is 12.5. The van der Waals surface area contributed by atoms with Crippen molar-refractivity contribution in [1.82, 2.24) is 9.47 Å². The number of benzene rings is 7. The van der Waals surface area contributed by atoms with E-state index in [2.05, 4.69) is 230 Å². The minimum Gasteiger partial charge on any atom is -0.320 e. The third kappa shape index (κ3) is 8.07. The molecule has 1 aliphatic heterocycles. The van der Waals surface area contributed by atoms with Gasteiger partial charge in [-0.1, -0.05) is 172 Å². The van der Waals surface area contributed by atoms with E-state index in [1.54, 1.807) is 0 Å². The van der Waals surface area contributed by atoms with Gasteiger partial charge in [0.1, 0.15) is 6.17 Å². The lowest BCUT2D eigenvalue weighted by Crippen LogP contribution is -2.36. The Hall–Kier alpha value is -7.97. The number of allylic oxidation sites excluding steroid dienone is 6. The molecule has 322 valence electrons. The zero-order valence-corrected chi connectivity index (χ0v) is 37.8. The quantitative estimate of drug-likeness (QED) is 0.0735. The summed E-state index contributed by atoms with van der Waals surface area (Å²) >= 11 is 0. The lowest BCUT2D eigenvalue weighted by molar-refractivity contribution is 0.236. The Labute approximate surface area is 388 Å². The van der Waals surface area contributed by atoms with Gasteiger partial charge in [-0.15, -0.1) is 12.8 Å². The molecule has 66 heavy (non-hydrogen) atoms. The monoisotopic (exact) mass is 854 g/mol. The van der Waals surface area contributed by atoms with Crippen LogP contribution in [0.1, 0.15) is 37.6 Å². The van der Waals surface area contributed by atoms with Crippen molar-refractivity contribution in [2.45, 2.75) is 26.4 Å². The van der Waals surface area contributed by atoms with E-state index >= 15 is 0 Å². The molecule has 10 rings (SSSR count). The molecule has 0 fully saturated rings. The Morgan fingerprint density at radius 2 is 1.50 bits per heavy atom. The fourth-order valence-electron chi connectivity index (χ4n) is 9.78. The number of aliphatic imine (C=N–C) groups is 1. The third-order valence-electron chi connectivity index (χ3n) is 13.1. The standard InChI is InChI=1S/C60H52N4.C2H2/c1-6-19-43(7-2)39-62(8-3)60(61-42(5)44-20-10-9-11-21-44)54-28-18-25-48-38-49(33-34-52(48)54)63-40-55-58(36-41(4)51-26-16-17-29-56(51)63)64(50-32-30-45-22-12-13-24-47(45)37-50)57-35-31-46-23-14-15-27-53(46)59(55)57;1-2/h6-7,9-25,27-38,40,51,60H,1-2,4,8,26,39H2,3,5H3;1-2H/b43-19+,55-40+,58-36+,61-42+;. The topological polar surface area (TPSA) is 23.8 Å². The smallest absolute Gasteiger partial charge is 0.129 e. The molecule has 0 N–H and O–H groups in total. The van der Waals surface area contributed by atoms with Gasteiger partial charge in [0.05, 0.1) is 10.9 Å². The number of hydrogen-bond acceptors (Lipinski definition) is 3. The second-order valence-corrected chi connectivity index (χ2v) is 16.8. The van der Waals surface area contributed by atoms with Crippen molar-refractivity contribution in [3.63, 3.8) is 0 Å². The van der Waals surface area contributed by atoms with Crippen LogP contribution >= 0.6 is 0 Å². The molecule has 2 unspecified atom stereocenters. The molecule has 0 radical (unpaired) electrons. The molecular formula is C62H54N4. The molecule has 4 nitrogen and oxygen atoms in total. The van der Waals surface area contributed by atoms with E-state index in [0.717, 1.165) is 63.1 Å². The molecule has 1 aromatic heterocycles. The molecule has 2 atom stereocenters. The van der Waals surface area contributed by atoms with Crippen LogP contribution in [0.2, 0.25) is 0 Å². The van der Waals surface area contributed by atoms with Gasteiger partial charge in [0, 0.05) is 52.1 Å². The summed E-state index contributed by atoms with van der Waals surface area (Å²) in [5.74, 6) is 0.0942. The Morgan fingerprint density at radius 1 is 0.788 bits per heavy atom. The van der Waals surface area contributed by atoms with Gasteiger partial charge < -0.3 is 9.47 Å². The van der Waals surface area contributed by atoms with Gasteiger partial charge in [0.2, 0.25) is 0 Å². The molecule has 4 heteroatoms. The number of anilines is 1. The minimum atomic E-state index is -0.243. The van der Waals surface area contributed by atoms with Crippen LogP contribution in [0.15, 0.2) is 224 Å². The highest BCUT2D eigenvalue weighted by molar-refractivity contribution is 6.08. The van der Waals surface area contributed by atoms with E-state index in [4.69, 9.17) is 11.6 Å².